The number of aromatic nitrogens is 2. The molecule has 1 amide bonds. The lowest BCUT2D eigenvalue weighted by atomic mass is 10.1. The minimum absolute atomic E-state index is 0.115. The summed E-state index contributed by atoms with van der Waals surface area (Å²) in [6, 6.07) is 30.7. The molecular weight excluding hydrogens is 450 g/mol. The van der Waals surface area contributed by atoms with Crippen LogP contribution in [0.15, 0.2) is 97.1 Å². The number of aromatic amines is 1. The largest absolute Gasteiger partial charge is 0.497 e. The van der Waals surface area contributed by atoms with Crippen LogP contribution < -0.4 is 14.8 Å². The van der Waals surface area contributed by atoms with Gasteiger partial charge < -0.3 is 14.8 Å². The van der Waals surface area contributed by atoms with E-state index >= 15 is 0 Å². The van der Waals surface area contributed by atoms with Crippen molar-refractivity contribution in [2.75, 3.05) is 12.4 Å². The molecule has 0 spiro atoms. The van der Waals surface area contributed by atoms with Crippen molar-refractivity contribution in [3.8, 4) is 17.2 Å². The topological polar surface area (TPSA) is 76.2 Å². The van der Waals surface area contributed by atoms with Gasteiger partial charge in [0.1, 0.15) is 17.2 Å². The molecule has 0 saturated carbocycles. The molecule has 5 rings (SSSR count). The van der Waals surface area contributed by atoms with Crippen LogP contribution in [-0.2, 0) is 11.2 Å². The summed E-state index contributed by atoms with van der Waals surface area (Å²) in [5, 5.41) is 11.4. The summed E-state index contributed by atoms with van der Waals surface area (Å²) in [7, 11) is 1.61. The molecule has 5 aromatic rings. The molecule has 0 unspecified atom stereocenters. The Labute approximate surface area is 209 Å². The van der Waals surface area contributed by atoms with Gasteiger partial charge >= 0.3 is 0 Å². The fraction of sp³-hybridized carbons (Fsp3) is 0.0667. The van der Waals surface area contributed by atoms with Gasteiger partial charge in [0.25, 0.3) is 0 Å². The van der Waals surface area contributed by atoms with Gasteiger partial charge in [0.05, 0.1) is 24.7 Å². The van der Waals surface area contributed by atoms with E-state index in [1.165, 1.54) is 0 Å². The lowest BCUT2D eigenvalue weighted by molar-refractivity contribution is -0.115. The standard InChI is InChI=1S/C30H25N3O3/c1-35-24-11-5-9-22(17-24)18-30(34)31-23-10-6-12-25(19-23)36-26-14-15-27-28(32-33-29(27)20-26)16-13-21-7-3-2-4-8-21/h2-17,19-20H,18H2,1H3,(H,31,34)(H,32,33)/b16-13+. The van der Waals surface area contributed by atoms with Gasteiger partial charge in [0.2, 0.25) is 5.91 Å². The van der Waals surface area contributed by atoms with Crippen LogP contribution in [0.5, 0.6) is 17.2 Å². The van der Waals surface area contributed by atoms with Crippen LogP contribution in [0.25, 0.3) is 23.1 Å². The van der Waals surface area contributed by atoms with E-state index in [2.05, 4.69) is 15.5 Å². The second kappa shape index (κ2) is 10.6. The van der Waals surface area contributed by atoms with Crippen molar-refractivity contribution in [2.45, 2.75) is 6.42 Å². The van der Waals surface area contributed by atoms with Crippen molar-refractivity contribution in [1.82, 2.24) is 10.2 Å². The van der Waals surface area contributed by atoms with Crippen molar-refractivity contribution < 1.29 is 14.3 Å². The van der Waals surface area contributed by atoms with Gasteiger partial charge in [-0.05, 0) is 53.6 Å². The average molecular weight is 476 g/mol. The minimum atomic E-state index is -0.115. The Morgan fingerprint density at radius 3 is 2.53 bits per heavy atom. The lowest BCUT2D eigenvalue weighted by Gasteiger charge is -2.10. The van der Waals surface area contributed by atoms with Crippen LogP contribution >= 0.6 is 0 Å². The van der Waals surface area contributed by atoms with Crippen LogP contribution in [0.3, 0.4) is 0 Å². The fourth-order valence-electron chi connectivity index (χ4n) is 3.90. The van der Waals surface area contributed by atoms with E-state index in [0.717, 1.165) is 33.5 Å². The SMILES string of the molecule is COc1cccc(CC(=O)Nc2cccc(Oc3ccc4c(/C=C/c5ccccc5)n[nH]c4c3)c2)c1. The average Bonchev–Trinajstić information content (AvgIpc) is 3.30. The second-order valence-electron chi connectivity index (χ2n) is 8.27. The molecule has 0 aliphatic carbocycles. The number of hydrogen-bond donors (Lipinski definition) is 2. The van der Waals surface area contributed by atoms with Gasteiger partial charge in [-0.3, -0.25) is 9.89 Å². The number of carbonyl (C=O) groups excluding carboxylic acids is 1. The number of nitrogens with zero attached hydrogens (tertiary/aromatic N) is 1. The highest BCUT2D eigenvalue weighted by molar-refractivity contribution is 5.92. The van der Waals surface area contributed by atoms with Crippen LogP contribution in [0.1, 0.15) is 16.8 Å². The zero-order valence-electron chi connectivity index (χ0n) is 19.8. The molecule has 1 aromatic heterocycles. The van der Waals surface area contributed by atoms with Crippen molar-refractivity contribution in [3.05, 3.63) is 114 Å². The van der Waals surface area contributed by atoms with Crippen LogP contribution in [0.2, 0.25) is 0 Å². The fourth-order valence-corrected chi connectivity index (χ4v) is 3.90. The van der Waals surface area contributed by atoms with Crippen molar-refractivity contribution in [2.24, 2.45) is 0 Å². The number of ether oxygens (including phenoxy) is 2. The number of carbonyl (C=O) groups is 1. The third kappa shape index (κ3) is 5.62. The van der Waals surface area contributed by atoms with Crippen LogP contribution in [0, 0.1) is 0 Å². The molecule has 1 heterocycles. The first-order valence-corrected chi connectivity index (χ1v) is 11.6. The summed E-state index contributed by atoms with van der Waals surface area (Å²) in [6.45, 7) is 0. The normalized spacial score (nSPS) is 11.0. The Morgan fingerprint density at radius 1 is 0.861 bits per heavy atom. The molecule has 0 saturated heterocycles. The zero-order valence-corrected chi connectivity index (χ0v) is 19.8. The summed E-state index contributed by atoms with van der Waals surface area (Å²) in [5.41, 5.74) is 4.40. The smallest absolute Gasteiger partial charge is 0.228 e. The highest BCUT2D eigenvalue weighted by Gasteiger charge is 2.08. The first kappa shape index (κ1) is 22.9. The predicted molar refractivity (Wildman–Crippen MR) is 143 cm³/mol. The molecule has 0 atom stereocenters. The van der Waals surface area contributed by atoms with Gasteiger partial charge in [-0.15, -0.1) is 0 Å². The molecule has 36 heavy (non-hydrogen) atoms. The number of H-pyrrole nitrogens is 1. The number of amides is 1. The second-order valence-corrected chi connectivity index (χ2v) is 8.27. The molecular formula is C30H25N3O3. The highest BCUT2D eigenvalue weighted by Crippen LogP contribution is 2.28. The van der Waals surface area contributed by atoms with Crippen LogP contribution in [-0.4, -0.2) is 23.2 Å². The molecule has 0 aliphatic rings. The zero-order chi connectivity index (χ0) is 24.7. The van der Waals surface area contributed by atoms with E-state index in [4.69, 9.17) is 9.47 Å². The number of benzene rings is 4. The van der Waals surface area contributed by atoms with E-state index in [1.54, 1.807) is 13.2 Å². The Balaban J connectivity index is 1.25. The third-order valence-corrected chi connectivity index (χ3v) is 5.65. The van der Waals surface area contributed by atoms with Crippen LogP contribution in [0.4, 0.5) is 5.69 Å². The number of rotatable bonds is 8. The van der Waals surface area contributed by atoms with E-state index in [9.17, 15) is 4.79 Å². The maximum Gasteiger partial charge on any atom is 0.228 e. The summed E-state index contributed by atoms with van der Waals surface area (Å²) >= 11 is 0. The van der Waals surface area contributed by atoms with Gasteiger partial charge in [0.15, 0.2) is 0 Å². The van der Waals surface area contributed by atoms with Crippen molar-refractivity contribution in [1.29, 1.82) is 0 Å². The number of methoxy groups -OCH3 is 1. The number of fused-ring (bicyclic) bond motifs is 1. The van der Waals surface area contributed by atoms with Gasteiger partial charge in [0, 0.05) is 23.2 Å². The predicted octanol–water partition coefficient (Wildman–Crippen LogP) is 6.72. The number of hydrogen-bond acceptors (Lipinski definition) is 4. The monoisotopic (exact) mass is 475 g/mol. The van der Waals surface area contributed by atoms with Gasteiger partial charge in [-0.25, -0.2) is 0 Å². The van der Waals surface area contributed by atoms with E-state index < -0.39 is 0 Å². The number of anilines is 1. The molecule has 0 bridgehead atoms. The molecule has 0 radical (unpaired) electrons. The van der Waals surface area contributed by atoms with Gasteiger partial charge in [-0.2, -0.15) is 5.10 Å². The summed E-state index contributed by atoms with van der Waals surface area (Å²) in [4.78, 5) is 12.5. The Hall–Kier alpha value is -4.84. The first-order valence-electron chi connectivity index (χ1n) is 11.6. The summed E-state index contributed by atoms with van der Waals surface area (Å²) in [5.74, 6) is 1.90. The third-order valence-electron chi connectivity index (χ3n) is 5.65. The summed E-state index contributed by atoms with van der Waals surface area (Å²) < 4.78 is 11.3. The van der Waals surface area contributed by atoms with E-state index in [-0.39, 0.29) is 12.3 Å². The maximum absolute atomic E-state index is 12.5. The highest BCUT2D eigenvalue weighted by atomic mass is 16.5. The molecule has 0 fully saturated rings. The Bertz CT molecular complexity index is 1520. The van der Waals surface area contributed by atoms with Gasteiger partial charge in [-0.1, -0.05) is 54.6 Å². The van der Waals surface area contributed by atoms with Crippen molar-refractivity contribution >= 4 is 34.6 Å². The summed E-state index contributed by atoms with van der Waals surface area (Å²) in [6.07, 6.45) is 4.28. The number of nitrogens with one attached hydrogen (secondary N) is 2. The minimum Gasteiger partial charge on any atom is -0.497 e. The Morgan fingerprint density at radius 2 is 1.67 bits per heavy atom. The molecule has 0 aliphatic heterocycles. The Kier molecular flexibility index (Phi) is 6.76. The molecule has 4 aromatic carbocycles. The lowest BCUT2D eigenvalue weighted by Crippen LogP contribution is -2.14. The van der Waals surface area contributed by atoms with E-state index in [0.29, 0.717) is 17.2 Å². The quantitative estimate of drug-likeness (QED) is 0.261. The maximum atomic E-state index is 12.5. The molecule has 6 heteroatoms. The van der Waals surface area contributed by atoms with E-state index in [1.807, 2.05) is 103 Å². The molecule has 2 N–H and O–H groups in total. The molecule has 6 nitrogen and oxygen atoms in total. The first-order chi connectivity index (χ1) is 17.7. The molecule has 178 valence electrons. The van der Waals surface area contributed by atoms with Crippen molar-refractivity contribution in [3.63, 3.8) is 0 Å².